The molecule has 1 heterocycles. The Balaban J connectivity index is 2.44. The highest BCUT2D eigenvalue weighted by Gasteiger charge is 2.37. The summed E-state index contributed by atoms with van der Waals surface area (Å²) < 4.78 is 37.4. The van der Waals surface area contributed by atoms with Crippen LogP contribution < -0.4 is 5.32 Å². The molecule has 19 heavy (non-hydrogen) atoms. The van der Waals surface area contributed by atoms with Gasteiger partial charge in [-0.05, 0) is 31.5 Å². The summed E-state index contributed by atoms with van der Waals surface area (Å²) in [5.41, 5.74) is -0.166. The van der Waals surface area contributed by atoms with Crippen LogP contribution in [-0.2, 0) is 9.84 Å². The van der Waals surface area contributed by atoms with E-state index in [0.717, 1.165) is 0 Å². The smallest absolute Gasteiger partial charge is 0.153 e. The van der Waals surface area contributed by atoms with E-state index in [-0.39, 0.29) is 21.6 Å². The normalized spacial score (nSPS) is 25.2. The van der Waals surface area contributed by atoms with Crippen LogP contribution in [0.3, 0.4) is 0 Å². The molecule has 2 rings (SSSR count). The minimum absolute atomic E-state index is 0.0458. The highest BCUT2D eigenvalue weighted by atomic mass is 35.5. The molecule has 1 atom stereocenters. The Morgan fingerprint density at radius 2 is 1.95 bits per heavy atom. The Hall–Kier alpha value is -0.360. The summed E-state index contributed by atoms with van der Waals surface area (Å²) in [5.74, 6) is -0.662. The number of benzene rings is 1. The SMILES string of the molecule is CC1(C)CS(=O)(=O)CC(c2cc(F)c(Cl)cc2Cl)N1. The summed E-state index contributed by atoms with van der Waals surface area (Å²) in [5, 5.41) is 3.36. The van der Waals surface area contributed by atoms with Gasteiger partial charge in [0.05, 0.1) is 16.5 Å². The zero-order chi connectivity index (χ0) is 14.4. The minimum atomic E-state index is -3.20. The van der Waals surface area contributed by atoms with Crippen LogP contribution in [0.5, 0.6) is 0 Å². The molecule has 0 radical (unpaired) electrons. The van der Waals surface area contributed by atoms with Gasteiger partial charge in [-0.3, -0.25) is 0 Å². The predicted molar refractivity (Wildman–Crippen MR) is 75.0 cm³/mol. The quantitative estimate of drug-likeness (QED) is 0.807. The van der Waals surface area contributed by atoms with Crippen molar-refractivity contribution in [3.05, 3.63) is 33.6 Å². The van der Waals surface area contributed by atoms with Crippen molar-refractivity contribution < 1.29 is 12.8 Å². The standard InChI is InChI=1S/C12H14Cl2FNO2S/c1-12(2)6-19(17,18)5-11(16-12)7-3-10(15)9(14)4-8(7)13/h3-4,11,16H,5-6H2,1-2H3. The van der Waals surface area contributed by atoms with Crippen molar-refractivity contribution in [3.8, 4) is 0 Å². The molecule has 1 aliphatic heterocycles. The number of rotatable bonds is 1. The van der Waals surface area contributed by atoms with E-state index in [4.69, 9.17) is 23.2 Å². The molecule has 1 aromatic carbocycles. The molecule has 7 heteroatoms. The average Bonchev–Trinajstić information content (AvgIpc) is 2.18. The highest BCUT2D eigenvalue weighted by molar-refractivity contribution is 7.91. The average molecular weight is 326 g/mol. The molecule has 0 aliphatic carbocycles. The Morgan fingerprint density at radius 3 is 2.53 bits per heavy atom. The fraction of sp³-hybridized carbons (Fsp3) is 0.500. The van der Waals surface area contributed by atoms with Crippen LogP contribution in [0.25, 0.3) is 0 Å². The van der Waals surface area contributed by atoms with Crippen molar-refractivity contribution in [2.45, 2.75) is 25.4 Å². The monoisotopic (exact) mass is 325 g/mol. The summed E-state index contributed by atoms with van der Waals surface area (Å²) in [4.78, 5) is 0. The van der Waals surface area contributed by atoms with Gasteiger partial charge in [0.15, 0.2) is 9.84 Å². The Labute approximate surface area is 122 Å². The fourth-order valence-corrected chi connectivity index (χ4v) is 4.98. The molecule has 106 valence electrons. The first-order valence-electron chi connectivity index (χ1n) is 5.72. The second kappa shape index (κ2) is 4.88. The van der Waals surface area contributed by atoms with Gasteiger partial charge in [-0.1, -0.05) is 23.2 Å². The van der Waals surface area contributed by atoms with Crippen LogP contribution in [0, 0.1) is 5.82 Å². The zero-order valence-corrected chi connectivity index (χ0v) is 12.8. The van der Waals surface area contributed by atoms with Crippen molar-refractivity contribution in [1.29, 1.82) is 0 Å². The lowest BCUT2D eigenvalue weighted by Crippen LogP contribution is -2.54. The van der Waals surface area contributed by atoms with E-state index in [1.807, 2.05) is 0 Å². The maximum atomic E-state index is 13.5. The lowest BCUT2D eigenvalue weighted by Gasteiger charge is -2.37. The summed E-state index contributed by atoms with van der Waals surface area (Å²) in [7, 11) is -3.20. The van der Waals surface area contributed by atoms with Gasteiger partial charge in [0.2, 0.25) is 0 Å². The Kier molecular flexibility index (Phi) is 3.86. The summed E-state index contributed by atoms with van der Waals surface area (Å²) in [6, 6.07) is 1.95. The highest BCUT2D eigenvalue weighted by Crippen LogP contribution is 2.33. The van der Waals surface area contributed by atoms with E-state index in [9.17, 15) is 12.8 Å². The van der Waals surface area contributed by atoms with Gasteiger partial charge in [-0.15, -0.1) is 0 Å². The lowest BCUT2D eigenvalue weighted by molar-refractivity contribution is 0.359. The molecule has 0 bridgehead atoms. The molecule has 0 amide bonds. The Morgan fingerprint density at radius 1 is 1.32 bits per heavy atom. The molecular weight excluding hydrogens is 312 g/mol. The van der Waals surface area contributed by atoms with E-state index < -0.39 is 27.2 Å². The topological polar surface area (TPSA) is 46.2 Å². The van der Waals surface area contributed by atoms with Crippen molar-refractivity contribution >= 4 is 33.0 Å². The maximum Gasteiger partial charge on any atom is 0.153 e. The molecule has 0 saturated carbocycles. The third-order valence-electron chi connectivity index (χ3n) is 2.98. The third kappa shape index (κ3) is 3.40. The van der Waals surface area contributed by atoms with Crippen LogP contribution >= 0.6 is 23.2 Å². The van der Waals surface area contributed by atoms with E-state index in [1.54, 1.807) is 13.8 Å². The van der Waals surface area contributed by atoms with Gasteiger partial charge in [-0.2, -0.15) is 0 Å². The first-order chi connectivity index (χ1) is 8.60. The molecule has 1 unspecified atom stereocenters. The van der Waals surface area contributed by atoms with Gasteiger partial charge in [-0.25, -0.2) is 12.8 Å². The van der Waals surface area contributed by atoms with E-state index in [1.165, 1.54) is 12.1 Å². The van der Waals surface area contributed by atoms with Crippen LogP contribution in [-0.4, -0.2) is 25.5 Å². The summed E-state index contributed by atoms with van der Waals surface area (Å²) in [6.45, 7) is 3.58. The molecule has 0 spiro atoms. The molecular formula is C12H14Cl2FNO2S. The van der Waals surface area contributed by atoms with E-state index in [0.29, 0.717) is 5.56 Å². The van der Waals surface area contributed by atoms with Crippen LogP contribution in [0.1, 0.15) is 25.5 Å². The number of halogens is 3. The van der Waals surface area contributed by atoms with Crippen LogP contribution in [0.15, 0.2) is 12.1 Å². The number of nitrogens with one attached hydrogen (secondary N) is 1. The van der Waals surface area contributed by atoms with E-state index in [2.05, 4.69) is 5.32 Å². The summed E-state index contributed by atoms with van der Waals surface area (Å²) >= 11 is 11.7. The van der Waals surface area contributed by atoms with Gasteiger partial charge in [0.1, 0.15) is 5.82 Å². The van der Waals surface area contributed by atoms with Crippen molar-refractivity contribution in [1.82, 2.24) is 5.32 Å². The minimum Gasteiger partial charge on any atom is -0.303 e. The van der Waals surface area contributed by atoms with Crippen LogP contribution in [0.4, 0.5) is 4.39 Å². The maximum absolute atomic E-state index is 13.5. The van der Waals surface area contributed by atoms with Gasteiger partial charge in [0, 0.05) is 16.6 Å². The predicted octanol–water partition coefficient (Wildman–Crippen LogP) is 2.97. The molecule has 1 N–H and O–H groups in total. The largest absolute Gasteiger partial charge is 0.303 e. The second-order valence-corrected chi connectivity index (χ2v) is 8.35. The number of hydrogen-bond acceptors (Lipinski definition) is 3. The van der Waals surface area contributed by atoms with Gasteiger partial charge in [0.25, 0.3) is 0 Å². The second-order valence-electron chi connectivity index (χ2n) is 5.42. The lowest BCUT2D eigenvalue weighted by atomic mass is 10.0. The molecule has 1 fully saturated rings. The van der Waals surface area contributed by atoms with Crippen LogP contribution in [0.2, 0.25) is 10.0 Å². The van der Waals surface area contributed by atoms with Gasteiger partial charge < -0.3 is 5.32 Å². The number of sulfone groups is 1. The fourth-order valence-electron chi connectivity index (χ4n) is 2.39. The number of hydrogen-bond donors (Lipinski definition) is 1. The first-order valence-corrected chi connectivity index (χ1v) is 8.30. The zero-order valence-electron chi connectivity index (χ0n) is 10.5. The molecule has 0 aromatic heterocycles. The molecule has 1 saturated heterocycles. The molecule has 1 aromatic rings. The third-order valence-corrected chi connectivity index (χ3v) is 5.60. The van der Waals surface area contributed by atoms with Gasteiger partial charge >= 0.3 is 0 Å². The van der Waals surface area contributed by atoms with Crippen molar-refractivity contribution in [3.63, 3.8) is 0 Å². The van der Waals surface area contributed by atoms with E-state index >= 15 is 0 Å². The summed E-state index contributed by atoms with van der Waals surface area (Å²) in [6.07, 6.45) is 0. The Bertz CT molecular complexity index is 616. The molecule has 1 aliphatic rings. The van der Waals surface area contributed by atoms with Crippen molar-refractivity contribution in [2.75, 3.05) is 11.5 Å². The molecule has 3 nitrogen and oxygen atoms in total. The van der Waals surface area contributed by atoms with Crippen molar-refractivity contribution in [2.24, 2.45) is 0 Å². The first kappa shape index (κ1) is 15.0.